The first kappa shape index (κ1) is 19.1. The molecule has 1 fully saturated rings. The SMILES string of the molecule is Cc1cc(C)c(NC(=O)C2CCN(Cc3cccc(Br)c3)CC2)c(C)c1. The molecule has 26 heavy (non-hydrogen) atoms. The van der Waals surface area contributed by atoms with Gasteiger partial charge in [-0.1, -0.05) is 45.8 Å². The smallest absolute Gasteiger partial charge is 0.227 e. The van der Waals surface area contributed by atoms with Crippen molar-refractivity contribution in [2.45, 2.75) is 40.2 Å². The normalized spacial score (nSPS) is 15.8. The monoisotopic (exact) mass is 414 g/mol. The molecule has 1 aliphatic heterocycles. The second-order valence-corrected chi connectivity index (χ2v) is 8.36. The van der Waals surface area contributed by atoms with E-state index in [9.17, 15) is 4.79 Å². The van der Waals surface area contributed by atoms with Crippen LogP contribution in [0.25, 0.3) is 0 Å². The second-order valence-electron chi connectivity index (χ2n) is 7.44. The van der Waals surface area contributed by atoms with E-state index in [1.807, 2.05) is 0 Å². The Kier molecular flexibility index (Phi) is 6.15. The predicted molar refractivity (Wildman–Crippen MR) is 111 cm³/mol. The molecule has 0 spiro atoms. The molecule has 1 aliphatic rings. The standard InChI is InChI=1S/C22H27BrN2O/c1-15-11-16(2)21(17(3)12-15)24-22(26)19-7-9-25(10-8-19)14-18-5-4-6-20(23)13-18/h4-6,11-13,19H,7-10,14H2,1-3H3,(H,24,26). The van der Waals surface area contributed by atoms with Crippen molar-refractivity contribution in [1.29, 1.82) is 0 Å². The Morgan fingerprint density at radius 3 is 2.38 bits per heavy atom. The Morgan fingerprint density at radius 1 is 1.12 bits per heavy atom. The van der Waals surface area contributed by atoms with Crippen LogP contribution in [0.15, 0.2) is 40.9 Å². The third kappa shape index (κ3) is 4.74. The zero-order chi connectivity index (χ0) is 18.7. The number of carbonyl (C=O) groups excluding carboxylic acids is 1. The summed E-state index contributed by atoms with van der Waals surface area (Å²) >= 11 is 3.53. The number of benzene rings is 2. The molecule has 0 bridgehead atoms. The maximum Gasteiger partial charge on any atom is 0.227 e. The highest BCUT2D eigenvalue weighted by Crippen LogP contribution is 2.25. The molecule has 1 amide bonds. The van der Waals surface area contributed by atoms with Gasteiger partial charge in [0.15, 0.2) is 0 Å². The van der Waals surface area contributed by atoms with Crippen LogP contribution in [0.1, 0.15) is 35.1 Å². The summed E-state index contributed by atoms with van der Waals surface area (Å²) in [6.45, 7) is 9.11. The fourth-order valence-corrected chi connectivity index (χ4v) is 4.30. The Hall–Kier alpha value is -1.65. The van der Waals surface area contributed by atoms with E-state index < -0.39 is 0 Å². The maximum absolute atomic E-state index is 12.7. The lowest BCUT2D eigenvalue weighted by atomic mass is 9.95. The van der Waals surface area contributed by atoms with Crippen molar-refractivity contribution in [2.24, 2.45) is 5.92 Å². The van der Waals surface area contributed by atoms with Crippen molar-refractivity contribution in [3.63, 3.8) is 0 Å². The number of carbonyl (C=O) groups is 1. The lowest BCUT2D eigenvalue weighted by Crippen LogP contribution is -2.37. The van der Waals surface area contributed by atoms with Crippen LogP contribution in [0.5, 0.6) is 0 Å². The molecule has 3 rings (SSSR count). The molecule has 1 saturated heterocycles. The van der Waals surface area contributed by atoms with Crippen molar-refractivity contribution in [3.8, 4) is 0 Å². The van der Waals surface area contributed by atoms with Crippen LogP contribution in [0.4, 0.5) is 5.69 Å². The number of nitrogens with one attached hydrogen (secondary N) is 1. The van der Waals surface area contributed by atoms with Crippen molar-refractivity contribution in [1.82, 2.24) is 4.90 Å². The Balaban J connectivity index is 1.55. The van der Waals surface area contributed by atoms with E-state index in [2.05, 4.69) is 83.3 Å². The molecule has 0 radical (unpaired) electrons. The lowest BCUT2D eigenvalue weighted by Gasteiger charge is -2.31. The number of anilines is 1. The number of aryl methyl sites for hydroxylation is 3. The number of likely N-dealkylation sites (tertiary alicyclic amines) is 1. The molecule has 0 aromatic heterocycles. The zero-order valence-electron chi connectivity index (χ0n) is 15.8. The quantitative estimate of drug-likeness (QED) is 0.742. The molecule has 3 nitrogen and oxygen atoms in total. The van der Waals surface area contributed by atoms with Gasteiger partial charge in [-0.3, -0.25) is 9.69 Å². The minimum Gasteiger partial charge on any atom is -0.325 e. The summed E-state index contributed by atoms with van der Waals surface area (Å²) in [5.74, 6) is 0.274. The van der Waals surface area contributed by atoms with Gasteiger partial charge < -0.3 is 5.32 Å². The number of hydrogen-bond donors (Lipinski definition) is 1. The molecule has 2 aromatic carbocycles. The van der Waals surface area contributed by atoms with Crippen LogP contribution in [0.3, 0.4) is 0 Å². The molecular weight excluding hydrogens is 388 g/mol. The fourth-order valence-electron chi connectivity index (χ4n) is 3.85. The minimum absolute atomic E-state index is 0.105. The minimum atomic E-state index is 0.105. The molecule has 4 heteroatoms. The molecule has 0 aliphatic carbocycles. The van der Waals surface area contributed by atoms with Crippen LogP contribution in [0, 0.1) is 26.7 Å². The number of nitrogens with zero attached hydrogens (tertiary/aromatic N) is 1. The summed E-state index contributed by atoms with van der Waals surface area (Å²) in [7, 11) is 0. The average Bonchev–Trinajstić information content (AvgIpc) is 2.58. The third-order valence-electron chi connectivity index (χ3n) is 5.18. The molecule has 1 N–H and O–H groups in total. The van der Waals surface area contributed by atoms with Gasteiger partial charge >= 0.3 is 0 Å². The van der Waals surface area contributed by atoms with Crippen LogP contribution >= 0.6 is 15.9 Å². The largest absolute Gasteiger partial charge is 0.325 e. The van der Waals surface area contributed by atoms with Gasteiger partial charge in [0.25, 0.3) is 0 Å². The van der Waals surface area contributed by atoms with Crippen molar-refractivity contribution >= 4 is 27.5 Å². The maximum atomic E-state index is 12.7. The molecule has 0 saturated carbocycles. The zero-order valence-corrected chi connectivity index (χ0v) is 17.4. The van der Waals surface area contributed by atoms with Crippen LogP contribution in [0.2, 0.25) is 0 Å². The number of halogens is 1. The summed E-state index contributed by atoms with van der Waals surface area (Å²) in [6.07, 6.45) is 1.84. The van der Waals surface area contributed by atoms with Gasteiger partial charge in [0.05, 0.1) is 0 Å². The second kappa shape index (κ2) is 8.36. The van der Waals surface area contributed by atoms with E-state index in [4.69, 9.17) is 0 Å². The average molecular weight is 415 g/mol. The van der Waals surface area contributed by atoms with Crippen LogP contribution < -0.4 is 5.32 Å². The van der Waals surface area contributed by atoms with Gasteiger partial charge in [0.2, 0.25) is 5.91 Å². The molecule has 0 unspecified atom stereocenters. The first-order chi connectivity index (χ1) is 12.4. The van der Waals surface area contributed by atoms with E-state index in [0.717, 1.165) is 53.8 Å². The van der Waals surface area contributed by atoms with Gasteiger partial charge in [-0.2, -0.15) is 0 Å². The molecular formula is C22H27BrN2O. The highest BCUT2D eigenvalue weighted by atomic mass is 79.9. The van der Waals surface area contributed by atoms with Gasteiger partial charge in [-0.05, 0) is 75.5 Å². The number of hydrogen-bond acceptors (Lipinski definition) is 2. The Labute approximate surface area is 164 Å². The first-order valence-electron chi connectivity index (χ1n) is 9.28. The molecule has 138 valence electrons. The van der Waals surface area contributed by atoms with E-state index in [1.54, 1.807) is 0 Å². The topological polar surface area (TPSA) is 32.3 Å². The van der Waals surface area contributed by atoms with Crippen LogP contribution in [-0.4, -0.2) is 23.9 Å². The van der Waals surface area contributed by atoms with E-state index >= 15 is 0 Å². The summed E-state index contributed by atoms with van der Waals surface area (Å²) in [5, 5.41) is 3.18. The van der Waals surface area contributed by atoms with Gasteiger partial charge in [0, 0.05) is 22.6 Å². The summed E-state index contributed by atoms with van der Waals surface area (Å²) in [6, 6.07) is 12.7. The summed E-state index contributed by atoms with van der Waals surface area (Å²) < 4.78 is 1.12. The first-order valence-corrected chi connectivity index (χ1v) is 10.1. The third-order valence-corrected chi connectivity index (χ3v) is 5.67. The van der Waals surface area contributed by atoms with E-state index in [-0.39, 0.29) is 11.8 Å². The predicted octanol–water partition coefficient (Wildman–Crippen LogP) is 5.23. The number of rotatable bonds is 4. The highest BCUT2D eigenvalue weighted by molar-refractivity contribution is 9.10. The molecule has 2 aromatic rings. The Morgan fingerprint density at radius 2 is 1.77 bits per heavy atom. The molecule has 0 atom stereocenters. The van der Waals surface area contributed by atoms with Crippen LogP contribution in [-0.2, 0) is 11.3 Å². The van der Waals surface area contributed by atoms with Gasteiger partial charge in [-0.25, -0.2) is 0 Å². The van der Waals surface area contributed by atoms with E-state index in [0.29, 0.717) is 0 Å². The summed E-state index contributed by atoms with van der Waals surface area (Å²) in [5.41, 5.74) is 5.81. The molecule has 1 heterocycles. The van der Waals surface area contributed by atoms with E-state index in [1.165, 1.54) is 11.1 Å². The van der Waals surface area contributed by atoms with Crippen molar-refractivity contribution < 1.29 is 4.79 Å². The van der Waals surface area contributed by atoms with Gasteiger partial charge in [0.1, 0.15) is 0 Å². The van der Waals surface area contributed by atoms with Crippen molar-refractivity contribution in [2.75, 3.05) is 18.4 Å². The Bertz CT molecular complexity index is 771. The fraction of sp³-hybridized carbons (Fsp3) is 0.409. The lowest BCUT2D eigenvalue weighted by molar-refractivity contribution is -0.121. The number of piperidine rings is 1. The highest BCUT2D eigenvalue weighted by Gasteiger charge is 2.25. The van der Waals surface area contributed by atoms with Gasteiger partial charge in [-0.15, -0.1) is 0 Å². The summed E-state index contributed by atoms with van der Waals surface area (Å²) in [4.78, 5) is 15.2. The van der Waals surface area contributed by atoms with Crippen molar-refractivity contribution in [3.05, 3.63) is 63.1 Å². The number of amides is 1.